The molecule has 0 saturated carbocycles. The molecule has 0 spiro atoms. The number of nitrogens with zero attached hydrogens (tertiary/aromatic N) is 1. The van der Waals surface area contributed by atoms with Crippen LogP contribution in [0.25, 0.3) is 0 Å². The Bertz CT molecular complexity index is 785. The Labute approximate surface area is 153 Å². The minimum absolute atomic E-state index is 0.0746. The molecule has 2 rings (SSSR count). The molecule has 0 fully saturated rings. The third kappa shape index (κ3) is 4.21. The van der Waals surface area contributed by atoms with E-state index in [9.17, 15) is 14.7 Å². The van der Waals surface area contributed by atoms with E-state index < -0.39 is 11.8 Å². The van der Waals surface area contributed by atoms with E-state index in [0.29, 0.717) is 0 Å². The first-order chi connectivity index (χ1) is 12.5. The maximum absolute atomic E-state index is 12.9. The van der Waals surface area contributed by atoms with Crippen LogP contribution in [0.1, 0.15) is 40.1 Å². The molecular weight excluding hydrogens is 332 g/mol. The van der Waals surface area contributed by atoms with Gasteiger partial charge in [-0.25, -0.2) is 4.79 Å². The third-order valence-electron chi connectivity index (χ3n) is 4.10. The van der Waals surface area contributed by atoms with Crippen molar-refractivity contribution in [2.75, 3.05) is 31.1 Å². The Balaban J connectivity index is 2.37. The van der Waals surface area contributed by atoms with Gasteiger partial charge in [0.2, 0.25) is 0 Å². The minimum Gasteiger partial charge on any atom is -0.507 e. The molecule has 0 aromatic heterocycles. The second-order valence-corrected chi connectivity index (χ2v) is 5.67. The van der Waals surface area contributed by atoms with Gasteiger partial charge < -0.3 is 20.5 Å². The van der Waals surface area contributed by atoms with Crippen LogP contribution < -0.4 is 10.6 Å². The molecular formula is C20H24N2O4. The smallest absolute Gasteiger partial charge is 0.338 e. The summed E-state index contributed by atoms with van der Waals surface area (Å²) in [5.41, 5.74) is 6.65. The van der Waals surface area contributed by atoms with Gasteiger partial charge in [-0.1, -0.05) is 18.2 Å². The number of carbonyl (C=O) groups excluding carboxylic acids is 2. The van der Waals surface area contributed by atoms with Gasteiger partial charge in [-0.05, 0) is 32.0 Å². The molecule has 0 saturated heterocycles. The number of benzene rings is 2. The van der Waals surface area contributed by atoms with Crippen molar-refractivity contribution in [3.8, 4) is 5.75 Å². The van der Waals surface area contributed by atoms with E-state index in [1.54, 1.807) is 36.4 Å². The quantitative estimate of drug-likeness (QED) is 0.558. The largest absolute Gasteiger partial charge is 0.507 e. The van der Waals surface area contributed by atoms with E-state index in [2.05, 4.69) is 4.90 Å². The lowest BCUT2D eigenvalue weighted by Crippen LogP contribution is -2.21. The van der Waals surface area contributed by atoms with Crippen LogP contribution >= 0.6 is 0 Å². The van der Waals surface area contributed by atoms with E-state index in [0.717, 1.165) is 18.8 Å². The van der Waals surface area contributed by atoms with E-state index in [4.69, 9.17) is 10.5 Å². The number of hydrogen-bond acceptors (Lipinski definition) is 6. The number of rotatable bonds is 8. The lowest BCUT2D eigenvalue weighted by molar-refractivity contribution is 0.0514. The summed E-state index contributed by atoms with van der Waals surface area (Å²) in [6, 6.07) is 11.3. The molecule has 0 aliphatic heterocycles. The standard InChI is InChI=1S/C20H24N2O4/c1-3-22(4-2)14-9-10-17(18(23)13-14)19(24)15-7-5-6-8-16(15)20(25)26-12-11-21/h5-10,13,23H,3-4,11-12,21H2,1-2H3. The van der Waals surface area contributed by atoms with Gasteiger partial charge in [0.15, 0.2) is 5.78 Å². The molecule has 0 amide bonds. The second-order valence-electron chi connectivity index (χ2n) is 5.67. The van der Waals surface area contributed by atoms with Crippen molar-refractivity contribution < 1.29 is 19.4 Å². The molecule has 2 aromatic rings. The van der Waals surface area contributed by atoms with Crippen LogP contribution in [-0.2, 0) is 4.74 Å². The zero-order chi connectivity index (χ0) is 19.1. The molecule has 0 aliphatic rings. The van der Waals surface area contributed by atoms with Gasteiger partial charge in [0.25, 0.3) is 0 Å². The number of aromatic hydroxyl groups is 1. The molecule has 0 aliphatic carbocycles. The summed E-state index contributed by atoms with van der Waals surface area (Å²) in [7, 11) is 0. The molecule has 138 valence electrons. The molecule has 2 aromatic carbocycles. The monoisotopic (exact) mass is 356 g/mol. The fraction of sp³-hybridized carbons (Fsp3) is 0.300. The van der Waals surface area contributed by atoms with Crippen LogP contribution in [0.15, 0.2) is 42.5 Å². The van der Waals surface area contributed by atoms with Crippen LogP contribution in [0, 0.1) is 0 Å². The molecule has 0 unspecified atom stereocenters. The van der Waals surface area contributed by atoms with Crippen LogP contribution in [0.4, 0.5) is 5.69 Å². The van der Waals surface area contributed by atoms with Crippen molar-refractivity contribution in [2.24, 2.45) is 5.73 Å². The molecule has 6 heteroatoms. The molecule has 0 bridgehead atoms. The number of ketones is 1. The number of ether oxygens (including phenoxy) is 1. The Morgan fingerprint density at radius 3 is 2.27 bits per heavy atom. The summed E-state index contributed by atoms with van der Waals surface area (Å²) in [6.45, 7) is 5.89. The fourth-order valence-corrected chi connectivity index (χ4v) is 2.73. The first-order valence-corrected chi connectivity index (χ1v) is 8.62. The topological polar surface area (TPSA) is 92.9 Å². The normalized spacial score (nSPS) is 10.4. The highest BCUT2D eigenvalue weighted by Crippen LogP contribution is 2.27. The van der Waals surface area contributed by atoms with Crippen molar-refractivity contribution in [2.45, 2.75) is 13.8 Å². The van der Waals surface area contributed by atoms with Gasteiger partial charge in [0.1, 0.15) is 12.4 Å². The molecule has 0 atom stereocenters. The van der Waals surface area contributed by atoms with Gasteiger partial charge in [0, 0.05) is 37.0 Å². The van der Waals surface area contributed by atoms with Gasteiger partial charge in [-0.15, -0.1) is 0 Å². The molecule has 0 heterocycles. The summed E-state index contributed by atoms with van der Waals surface area (Å²) in [6.07, 6.45) is 0. The Kier molecular flexibility index (Phi) is 6.74. The number of phenolic OH excluding ortho intramolecular Hbond substituents is 1. The van der Waals surface area contributed by atoms with Crippen LogP contribution in [-0.4, -0.2) is 43.1 Å². The van der Waals surface area contributed by atoms with Crippen LogP contribution in [0.3, 0.4) is 0 Å². The predicted octanol–water partition coefficient (Wildman–Crippen LogP) is 2.58. The maximum Gasteiger partial charge on any atom is 0.338 e. The number of phenols is 1. The summed E-state index contributed by atoms with van der Waals surface area (Å²) < 4.78 is 5.03. The summed E-state index contributed by atoms with van der Waals surface area (Å²) in [5.74, 6) is -1.17. The zero-order valence-electron chi connectivity index (χ0n) is 15.1. The van der Waals surface area contributed by atoms with Gasteiger partial charge >= 0.3 is 5.97 Å². The number of hydrogen-bond donors (Lipinski definition) is 2. The number of esters is 1. The summed E-state index contributed by atoms with van der Waals surface area (Å²) >= 11 is 0. The SMILES string of the molecule is CCN(CC)c1ccc(C(=O)c2ccccc2C(=O)OCCN)c(O)c1. The number of carbonyl (C=O) groups is 2. The Hall–Kier alpha value is -2.86. The fourth-order valence-electron chi connectivity index (χ4n) is 2.73. The molecule has 0 radical (unpaired) electrons. The van der Waals surface area contributed by atoms with Crippen LogP contribution in [0.2, 0.25) is 0 Å². The highest BCUT2D eigenvalue weighted by Gasteiger charge is 2.21. The van der Waals surface area contributed by atoms with E-state index in [1.807, 2.05) is 13.8 Å². The highest BCUT2D eigenvalue weighted by molar-refractivity contribution is 6.15. The van der Waals surface area contributed by atoms with Crippen molar-refractivity contribution in [3.05, 3.63) is 59.2 Å². The molecule has 3 N–H and O–H groups in total. The second kappa shape index (κ2) is 9.01. The number of nitrogens with two attached hydrogens (primary N) is 1. The summed E-state index contributed by atoms with van der Waals surface area (Å²) in [5, 5.41) is 10.4. The third-order valence-corrected chi connectivity index (χ3v) is 4.10. The average molecular weight is 356 g/mol. The zero-order valence-corrected chi connectivity index (χ0v) is 15.1. The van der Waals surface area contributed by atoms with Crippen molar-refractivity contribution in [1.82, 2.24) is 0 Å². The maximum atomic E-state index is 12.9. The van der Waals surface area contributed by atoms with E-state index in [1.165, 1.54) is 6.07 Å². The van der Waals surface area contributed by atoms with Crippen molar-refractivity contribution >= 4 is 17.4 Å². The molecule has 26 heavy (non-hydrogen) atoms. The lowest BCUT2D eigenvalue weighted by atomic mass is 9.97. The minimum atomic E-state index is -0.612. The van der Waals surface area contributed by atoms with Crippen molar-refractivity contribution in [3.63, 3.8) is 0 Å². The summed E-state index contributed by atoms with van der Waals surface area (Å²) in [4.78, 5) is 27.1. The van der Waals surface area contributed by atoms with Crippen LogP contribution in [0.5, 0.6) is 5.75 Å². The van der Waals surface area contributed by atoms with E-state index in [-0.39, 0.29) is 35.6 Å². The lowest BCUT2D eigenvalue weighted by Gasteiger charge is -2.21. The first-order valence-electron chi connectivity index (χ1n) is 8.62. The highest BCUT2D eigenvalue weighted by atomic mass is 16.5. The molecule has 6 nitrogen and oxygen atoms in total. The van der Waals surface area contributed by atoms with Gasteiger partial charge in [-0.2, -0.15) is 0 Å². The van der Waals surface area contributed by atoms with E-state index >= 15 is 0 Å². The Morgan fingerprint density at radius 2 is 1.69 bits per heavy atom. The van der Waals surface area contributed by atoms with Gasteiger partial charge in [-0.3, -0.25) is 4.79 Å². The Morgan fingerprint density at radius 1 is 1.04 bits per heavy atom. The van der Waals surface area contributed by atoms with Crippen molar-refractivity contribution in [1.29, 1.82) is 0 Å². The average Bonchev–Trinajstić information content (AvgIpc) is 2.66. The predicted molar refractivity (Wildman–Crippen MR) is 101 cm³/mol. The van der Waals surface area contributed by atoms with Gasteiger partial charge in [0.05, 0.1) is 11.1 Å². The number of anilines is 1. The first kappa shape index (κ1) is 19.5.